The number of hydrogen-bond donors (Lipinski definition) is 2. The molecular formula is C24H29N3O. The van der Waals surface area contributed by atoms with Crippen LogP contribution in [0.3, 0.4) is 0 Å². The molecule has 2 N–H and O–H groups in total. The molecule has 1 unspecified atom stereocenters. The van der Waals surface area contributed by atoms with Crippen LogP contribution in [0.2, 0.25) is 0 Å². The van der Waals surface area contributed by atoms with Crippen molar-refractivity contribution in [1.29, 1.82) is 0 Å². The third kappa shape index (κ3) is 4.28. The van der Waals surface area contributed by atoms with Gasteiger partial charge in [-0.05, 0) is 48.9 Å². The van der Waals surface area contributed by atoms with E-state index in [9.17, 15) is 4.79 Å². The highest BCUT2D eigenvalue weighted by atomic mass is 16.1. The molecule has 0 saturated carbocycles. The fraction of sp³-hybridized carbons (Fsp3) is 0.375. The number of hydrogen-bond acceptors (Lipinski definition) is 2. The number of aromatic nitrogens is 1. The van der Waals surface area contributed by atoms with E-state index in [-0.39, 0.29) is 5.91 Å². The van der Waals surface area contributed by atoms with E-state index in [4.69, 9.17) is 0 Å². The van der Waals surface area contributed by atoms with Gasteiger partial charge in [-0.25, -0.2) is 0 Å². The monoisotopic (exact) mass is 375 g/mol. The first-order chi connectivity index (χ1) is 13.7. The summed E-state index contributed by atoms with van der Waals surface area (Å²) >= 11 is 0. The summed E-state index contributed by atoms with van der Waals surface area (Å²) in [5.74, 6) is 0.157. The van der Waals surface area contributed by atoms with Crippen LogP contribution in [-0.4, -0.2) is 34.9 Å². The van der Waals surface area contributed by atoms with Gasteiger partial charge in [0.1, 0.15) is 0 Å². The molecule has 4 heteroatoms. The molecule has 0 spiro atoms. The summed E-state index contributed by atoms with van der Waals surface area (Å²) in [7, 11) is 0. The SMILES string of the molecule is CC(CNC(=O)CCCc1c[nH]c2ccccc12)N1CCc2ccccc2C1. The fourth-order valence-corrected chi connectivity index (χ4v) is 4.15. The summed E-state index contributed by atoms with van der Waals surface area (Å²) in [5, 5.41) is 4.40. The molecule has 1 atom stereocenters. The van der Waals surface area contributed by atoms with E-state index in [2.05, 4.69) is 70.8 Å². The van der Waals surface area contributed by atoms with Crippen LogP contribution in [0.1, 0.15) is 36.5 Å². The molecule has 0 fully saturated rings. The van der Waals surface area contributed by atoms with Gasteiger partial charge in [0.25, 0.3) is 0 Å². The topological polar surface area (TPSA) is 48.1 Å². The second-order valence-corrected chi connectivity index (χ2v) is 7.86. The zero-order valence-electron chi connectivity index (χ0n) is 16.6. The largest absolute Gasteiger partial charge is 0.361 e. The van der Waals surface area contributed by atoms with Crippen LogP contribution >= 0.6 is 0 Å². The van der Waals surface area contributed by atoms with E-state index < -0.39 is 0 Å². The summed E-state index contributed by atoms with van der Waals surface area (Å²) in [5.41, 5.74) is 5.35. The Labute approximate surface area is 166 Å². The summed E-state index contributed by atoms with van der Waals surface area (Å²) in [6.07, 6.45) is 5.54. The lowest BCUT2D eigenvalue weighted by molar-refractivity contribution is -0.121. The first-order valence-corrected chi connectivity index (χ1v) is 10.3. The highest BCUT2D eigenvalue weighted by molar-refractivity contribution is 5.83. The number of rotatable bonds is 7. The van der Waals surface area contributed by atoms with Gasteiger partial charge in [0.2, 0.25) is 5.91 Å². The Bertz CT molecular complexity index is 946. The lowest BCUT2D eigenvalue weighted by atomic mass is 9.99. The Morgan fingerprint density at radius 1 is 1.14 bits per heavy atom. The molecule has 4 rings (SSSR count). The summed E-state index contributed by atoms with van der Waals surface area (Å²) in [6, 6.07) is 17.4. The van der Waals surface area contributed by atoms with Crippen LogP contribution in [-0.2, 0) is 24.2 Å². The van der Waals surface area contributed by atoms with Crippen molar-refractivity contribution in [2.75, 3.05) is 13.1 Å². The maximum atomic E-state index is 12.3. The number of H-pyrrole nitrogens is 1. The normalized spacial score (nSPS) is 15.3. The van der Waals surface area contributed by atoms with Crippen molar-refractivity contribution in [3.8, 4) is 0 Å². The first-order valence-electron chi connectivity index (χ1n) is 10.3. The minimum atomic E-state index is 0.157. The molecule has 2 aromatic carbocycles. The van der Waals surface area contributed by atoms with Gasteiger partial charge in [-0.2, -0.15) is 0 Å². The molecule has 0 saturated heterocycles. The van der Waals surface area contributed by atoms with Crippen molar-refractivity contribution in [1.82, 2.24) is 15.2 Å². The number of benzene rings is 2. The smallest absolute Gasteiger partial charge is 0.220 e. The lowest BCUT2D eigenvalue weighted by Gasteiger charge is -2.33. The summed E-state index contributed by atoms with van der Waals surface area (Å²) < 4.78 is 0. The average molecular weight is 376 g/mol. The van der Waals surface area contributed by atoms with Gasteiger partial charge in [0, 0.05) is 49.2 Å². The van der Waals surface area contributed by atoms with E-state index in [1.165, 1.54) is 27.6 Å². The molecule has 1 amide bonds. The van der Waals surface area contributed by atoms with Crippen LogP contribution in [0.25, 0.3) is 10.9 Å². The van der Waals surface area contributed by atoms with Crippen molar-refractivity contribution >= 4 is 16.8 Å². The number of aromatic amines is 1. The number of fused-ring (bicyclic) bond motifs is 2. The minimum absolute atomic E-state index is 0.157. The van der Waals surface area contributed by atoms with Crippen LogP contribution < -0.4 is 5.32 Å². The molecule has 28 heavy (non-hydrogen) atoms. The quantitative estimate of drug-likeness (QED) is 0.654. The molecule has 1 aromatic heterocycles. The molecule has 1 aliphatic heterocycles. The lowest BCUT2D eigenvalue weighted by Crippen LogP contribution is -2.44. The predicted octanol–water partition coefficient (Wildman–Crippen LogP) is 4.05. The summed E-state index contributed by atoms with van der Waals surface area (Å²) in [6.45, 7) is 4.97. The zero-order chi connectivity index (χ0) is 19.3. The number of carbonyl (C=O) groups is 1. The van der Waals surface area contributed by atoms with Gasteiger partial charge in [-0.15, -0.1) is 0 Å². The zero-order valence-corrected chi connectivity index (χ0v) is 16.6. The van der Waals surface area contributed by atoms with E-state index in [0.717, 1.165) is 32.4 Å². The van der Waals surface area contributed by atoms with E-state index in [1.54, 1.807) is 0 Å². The van der Waals surface area contributed by atoms with Gasteiger partial charge in [-0.1, -0.05) is 42.5 Å². The van der Waals surface area contributed by atoms with Crippen molar-refractivity contribution in [2.45, 2.75) is 45.2 Å². The molecule has 1 aliphatic rings. The molecular weight excluding hydrogens is 346 g/mol. The Morgan fingerprint density at radius 2 is 1.93 bits per heavy atom. The number of nitrogens with zero attached hydrogens (tertiary/aromatic N) is 1. The fourth-order valence-electron chi connectivity index (χ4n) is 4.15. The van der Waals surface area contributed by atoms with Crippen molar-refractivity contribution in [3.63, 3.8) is 0 Å². The first kappa shape index (κ1) is 18.8. The number of carbonyl (C=O) groups excluding carboxylic acids is 1. The predicted molar refractivity (Wildman–Crippen MR) is 114 cm³/mol. The summed E-state index contributed by atoms with van der Waals surface area (Å²) in [4.78, 5) is 18.1. The van der Waals surface area contributed by atoms with Crippen LogP contribution in [0.15, 0.2) is 54.7 Å². The molecule has 0 bridgehead atoms. The molecule has 4 nitrogen and oxygen atoms in total. The second-order valence-electron chi connectivity index (χ2n) is 7.86. The Hall–Kier alpha value is -2.59. The van der Waals surface area contributed by atoms with E-state index in [1.807, 2.05) is 6.07 Å². The van der Waals surface area contributed by atoms with E-state index in [0.29, 0.717) is 19.0 Å². The van der Waals surface area contributed by atoms with Gasteiger partial charge in [0.15, 0.2) is 0 Å². The van der Waals surface area contributed by atoms with Gasteiger partial charge >= 0.3 is 0 Å². The number of amides is 1. The van der Waals surface area contributed by atoms with Crippen LogP contribution in [0, 0.1) is 0 Å². The van der Waals surface area contributed by atoms with Gasteiger partial charge in [0.05, 0.1) is 0 Å². The average Bonchev–Trinajstić information content (AvgIpc) is 3.15. The van der Waals surface area contributed by atoms with Gasteiger partial charge in [-0.3, -0.25) is 9.69 Å². The highest BCUT2D eigenvalue weighted by Gasteiger charge is 2.20. The van der Waals surface area contributed by atoms with E-state index >= 15 is 0 Å². The van der Waals surface area contributed by atoms with Crippen molar-refractivity contribution in [3.05, 3.63) is 71.4 Å². The molecule has 0 radical (unpaired) electrons. The second kappa shape index (κ2) is 8.61. The standard InChI is InChI=1S/C24H29N3O/c1-18(27-14-13-19-7-2-3-8-21(19)17-27)15-26-24(28)12-6-9-20-16-25-23-11-5-4-10-22(20)23/h2-5,7-8,10-11,16,18,25H,6,9,12-15,17H2,1H3,(H,26,28). The van der Waals surface area contributed by atoms with Crippen molar-refractivity contribution in [2.24, 2.45) is 0 Å². The van der Waals surface area contributed by atoms with Crippen LogP contribution in [0.5, 0.6) is 0 Å². The minimum Gasteiger partial charge on any atom is -0.361 e. The Kier molecular flexibility index (Phi) is 5.77. The Morgan fingerprint density at radius 3 is 2.82 bits per heavy atom. The number of aryl methyl sites for hydroxylation is 1. The van der Waals surface area contributed by atoms with Crippen LogP contribution in [0.4, 0.5) is 0 Å². The molecule has 0 aliphatic carbocycles. The number of nitrogens with one attached hydrogen (secondary N) is 2. The third-order valence-electron chi connectivity index (χ3n) is 5.90. The third-order valence-corrected chi connectivity index (χ3v) is 5.90. The Balaban J connectivity index is 1.20. The number of para-hydroxylation sites is 1. The maximum absolute atomic E-state index is 12.3. The molecule has 3 aromatic rings. The maximum Gasteiger partial charge on any atom is 0.220 e. The van der Waals surface area contributed by atoms with Gasteiger partial charge < -0.3 is 10.3 Å². The highest BCUT2D eigenvalue weighted by Crippen LogP contribution is 2.21. The molecule has 146 valence electrons. The van der Waals surface area contributed by atoms with Crippen molar-refractivity contribution < 1.29 is 4.79 Å². The molecule has 2 heterocycles.